The lowest BCUT2D eigenvalue weighted by molar-refractivity contribution is -0.164. The van der Waals surface area contributed by atoms with Crippen LogP contribution in [0.5, 0.6) is 0 Å². The van der Waals surface area contributed by atoms with Gasteiger partial charge < -0.3 is 4.74 Å². The second kappa shape index (κ2) is 7.74. The van der Waals surface area contributed by atoms with Crippen molar-refractivity contribution in [1.29, 1.82) is 5.26 Å². The molecule has 0 amide bonds. The van der Waals surface area contributed by atoms with Crippen molar-refractivity contribution in [2.24, 2.45) is 0 Å². The molecule has 2 atom stereocenters. The van der Waals surface area contributed by atoms with Crippen molar-refractivity contribution in [3.8, 4) is 6.07 Å². The zero-order valence-corrected chi connectivity index (χ0v) is 13.7. The number of hydrogen-bond acceptors (Lipinski definition) is 6. The van der Waals surface area contributed by atoms with E-state index in [4.69, 9.17) is 14.8 Å². The van der Waals surface area contributed by atoms with Gasteiger partial charge in [0.05, 0.1) is 12.1 Å². The highest BCUT2D eigenvalue weighted by atomic mass is 16.7. The second-order valence-corrected chi connectivity index (χ2v) is 6.70. The molecule has 21 heavy (non-hydrogen) atoms. The fourth-order valence-corrected chi connectivity index (χ4v) is 2.39. The molecule has 1 fully saturated rings. The maximum atomic E-state index is 11.5. The molecule has 6 nitrogen and oxygen atoms in total. The Morgan fingerprint density at radius 3 is 2.62 bits per heavy atom. The Kier molecular flexibility index (Phi) is 6.59. The molecule has 6 heteroatoms. The second-order valence-electron chi connectivity index (χ2n) is 6.70. The van der Waals surface area contributed by atoms with Crippen LogP contribution in [0.25, 0.3) is 0 Å². The summed E-state index contributed by atoms with van der Waals surface area (Å²) in [6.07, 6.45) is 1.66. The summed E-state index contributed by atoms with van der Waals surface area (Å²) >= 11 is 0. The van der Waals surface area contributed by atoms with Crippen LogP contribution in [-0.4, -0.2) is 47.7 Å². The lowest BCUT2D eigenvalue weighted by Crippen LogP contribution is -2.52. The van der Waals surface area contributed by atoms with Gasteiger partial charge in [-0.2, -0.15) is 10.7 Å². The largest absolute Gasteiger partial charge is 0.458 e. The highest BCUT2D eigenvalue weighted by Gasteiger charge is 2.30. The van der Waals surface area contributed by atoms with Gasteiger partial charge in [0.15, 0.2) is 6.61 Å². The summed E-state index contributed by atoms with van der Waals surface area (Å²) in [4.78, 5) is 18.9. The van der Waals surface area contributed by atoms with Gasteiger partial charge in [0.2, 0.25) is 0 Å². The molecule has 1 aliphatic heterocycles. The van der Waals surface area contributed by atoms with E-state index in [1.54, 1.807) is 0 Å². The number of piperidine rings is 1. The summed E-state index contributed by atoms with van der Waals surface area (Å²) in [5.41, 5.74) is 2.42. The number of carbonyl (C=O) groups is 1. The number of hydroxylamine groups is 1. The van der Waals surface area contributed by atoms with Gasteiger partial charge in [-0.3, -0.25) is 9.74 Å². The molecule has 1 rings (SSSR count). The fraction of sp³-hybridized carbons (Fsp3) is 0.867. The highest BCUT2D eigenvalue weighted by molar-refractivity contribution is 5.71. The minimum atomic E-state index is -0.500. The zero-order valence-electron chi connectivity index (χ0n) is 13.7. The molecule has 0 spiro atoms. The fourth-order valence-electron chi connectivity index (χ4n) is 2.39. The van der Waals surface area contributed by atoms with Crippen LogP contribution in [0.15, 0.2) is 0 Å². The maximum Gasteiger partial charge on any atom is 0.334 e. The Hall–Kier alpha value is -1.16. The summed E-state index contributed by atoms with van der Waals surface area (Å²) in [5.74, 6) is -0.388. The van der Waals surface area contributed by atoms with Crippen LogP contribution in [0, 0.1) is 11.3 Å². The first-order chi connectivity index (χ1) is 9.73. The van der Waals surface area contributed by atoms with Crippen LogP contribution in [0.3, 0.4) is 0 Å². The molecule has 0 aromatic rings. The molecule has 0 aliphatic carbocycles. The van der Waals surface area contributed by atoms with Gasteiger partial charge in [0, 0.05) is 18.6 Å². The van der Waals surface area contributed by atoms with E-state index < -0.39 is 5.60 Å². The number of nitrogens with zero attached hydrogens (tertiary/aromatic N) is 2. The Morgan fingerprint density at radius 2 is 2.10 bits per heavy atom. The van der Waals surface area contributed by atoms with Gasteiger partial charge in [-0.25, -0.2) is 4.79 Å². The summed E-state index contributed by atoms with van der Waals surface area (Å²) in [6.45, 7) is 10.2. The minimum Gasteiger partial charge on any atom is -0.458 e. The molecule has 0 saturated carbocycles. The molecule has 120 valence electrons. The number of likely N-dealkylation sites (tertiary alicyclic amines) is 1. The van der Waals surface area contributed by atoms with E-state index in [9.17, 15) is 4.79 Å². The van der Waals surface area contributed by atoms with Gasteiger partial charge in [0.25, 0.3) is 0 Å². The maximum absolute atomic E-state index is 11.5. The molecule has 1 aliphatic rings. The number of hydrogen-bond donors (Lipinski definition) is 1. The Morgan fingerprint density at radius 1 is 1.43 bits per heavy atom. The summed E-state index contributed by atoms with van der Waals surface area (Å²) in [5, 5.41) is 9.15. The molecular weight excluding hydrogens is 270 g/mol. The van der Waals surface area contributed by atoms with Crippen LogP contribution in [0.2, 0.25) is 0 Å². The van der Waals surface area contributed by atoms with Crippen molar-refractivity contribution in [3.63, 3.8) is 0 Å². The number of nitrogens with one attached hydrogen (secondary N) is 1. The summed E-state index contributed by atoms with van der Waals surface area (Å²) in [7, 11) is 0. The molecule has 0 unspecified atom stereocenters. The third-order valence-corrected chi connectivity index (χ3v) is 3.29. The lowest BCUT2D eigenvalue weighted by Gasteiger charge is -2.38. The van der Waals surface area contributed by atoms with Crippen molar-refractivity contribution in [2.45, 2.75) is 71.2 Å². The SMILES string of the molecule is CC(C)N1C[C@H](NOCC(=O)OC(C)(C)C)CC[C@H]1C#N. The normalized spacial score (nSPS) is 23.9. The van der Waals surface area contributed by atoms with E-state index >= 15 is 0 Å². The summed E-state index contributed by atoms with van der Waals surface area (Å²) in [6, 6.07) is 2.74. The third kappa shape index (κ3) is 6.42. The summed E-state index contributed by atoms with van der Waals surface area (Å²) < 4.78 is 5.16. The van der Waals surface area contributed by atoms with Crippen molar-refractivity contribution < 1.29 is 14.4 Å². The lowest BCUT2D eigenvalue weighted by atomic mass is 9.98. The molecule has 0 bridgehead atoms. The van der Waals surface area contributed by atoms with E-state index in [0.29, 0.717) is 6.04 Å². The number of esters is 1. The Labute approximate surface area is 127 Å². The van der Waals surface area contributed by atoms with Crippen LogP contribution in [0.4, 0.5) is 0 Å². The number of nitriles is 1. The molecular formula is C15H27N3O3. The topological polar surface area (TPSA) is 74.6 Å². The van der Waals surface area contributed by atoms with E-state index in [0.717, 1.165) is 19.4 Å². The molecule has 1 N–H and O–H groups in total. The van der Waals surface area contributed by atoms with Crippen LogP contribution in [0.1, 0.15) is 47.5 Å². The van der Waals surface area contributed by atoms with E-state index in [1.807, 2.05) is 20.8 Å². The van der Waals surface area contributed by atoms with Crippen LogP contribution >= 0.6 is 0 Å². The number of carbonyl (C=O) groups excluding carboxylic acids is 1. The quantitative estimate of drug-likeness (QED) is 0.614. The first-order valence-electron chi connectivity index (χ1n) is 7.47. The predicted molar refractivity (Wildman–Crippen MR) is 79.2 cm³/mol. The predicted octanol–water partition coefficient (Wildman–Crippen LogP) is 1.61. The van der Waals surface area contributed by atoms with Crippen molar-refractivity contribution in [1.82, 2.24) is 10.4 Å². The Bertz CT molecular complexity index is 385. The van der Waals surface area contributed by atoms with Gasteiger partial charge in [0.1, 0.15) is 5.60 Å². The van der Waals surface area contributed by atoms with E-state index in [1.165, 1.54) is 0 Å². The first-order valence-corrected chi connectivity index (χ1v) is 7.47. The van der Waals surface area contributed by atoms with Crippen molar-refractivity contribution in [3.05, 3.63) is 0 Å². The first kappa shape index (κ1) is 17.9. The van der Waals surface area contributed by atoms with E-state index in [2.05, 4.69) is 30.3 Å². The van der Waals surface area contributed by atoms with Crippen molar-refractivity contribution >= 4 is 5.97 Å². The average Bonchev–Trinajstić information content (AvgIpc) is 2.36. The molecule has 0 aromatic carbocycles. The van der Waals surface area contributed by atoms with Gasteiger partial charge >= 0.3 is 5.97 Å². The highest BCUT2D eigenvalue weighted by Crippen LogP contribution is 2.19. The molecule has 1 heterocycles. The molecule has 0 aromatic heterocycles. The number of rotatable bonds is 5. The van der Waals surface area contributed by atoms with E-state index in [-0.39, 0.29) is 24.7 Å². The Balaban J connectivity index is 2.34. The average molecular weight is 297 g/mol. The molecule has 1 saturated heterocycles. The minimum absolute atomic E-state index is 0.0334. The van der Waals surface area contributed by atoms with Gasteiger partial charge in [-0.1, -0.05) is 0 Å². The van der Waals surface area contributed by atoms with Crippen LogP contribution < -0.4 is 5.48 Å². The van der Waals surface area contributed by atoms with Gasteiger partial charge in [-0.15, -0.1) is 0 Å². The standard InChI is InChI=1S/C15H27N3O3/c1-11(2)18-9-12(6-7-13(18)8-16)17-20-10-14(19)21-15(3,4)5/h11-13,17H,6-7,9-10H2,1-5H3/t12-,13+/m1/s1. The van der Waals surface area contributed by atoms with Crippen LogP contribution in [-0.2, 0) is 14.4 Å². The number of ether oxygens (including phenoxy) is 1. The molecule has 0 radical (unpaired) electrons. The monoisotopic (exact) mass is 297 g/mol. The third-order valence-electron chi connectivity index (χ3n) is 3.29. The van der Waals surface area contributed by atoms with Crippen molar-refractivity contribution in [2.75, 3.05) is 13.2 Å². The zero-order chi connectivity index (χ0) is 16.0. The smallest absolute Gasteiger partial charge is 0.334 e. The van der Waals surface area contributed by atoms with Gasteiger partial charge in [-0.05, 0) is 47.5 Å².